The molecular weight excluding hydrogens is 544 g/mol. The van der Waals surface area contributed by atoms with Crippen LogP contribution in [0.4, 0.5) is 0 Å². The van der Waals surface area contributed by atoms with E-state index in [0.29, 0.717) is 47.0 Å². The van der Waals surface area contributed by atoms with E-state index < -0.39 is 0 Å². The van der Waals surface area contributed by atoms with Gasteiger partial charge in [0.05, 0.1) is 59.7 Å². The van der Waals surface area contributed by atoms with E-state index in [1.807, 2.05) is 36.4 Å². The summed E-state index contributed by atoms with van der Waals surface area (Å²) in [7, 11) is 0. The average molecular weight is 583 g/mol. The smallest absolute Gasteiger partial charge is 0.127 e. The Morgan fingerprint density at radius 2 is 0.841 bits per heavy atom. The zero-order chi connectivity index (χ0) is 31.6. The van der Waals surface area contributed by atoms with Gasteiger partial charge in [-0.2, -0.15) is 21.0 Å². The molecule has 44 heavy (non-hydrogen) atoms. The Bertz CT molecular complexity index is 1450. The van der Waals surface area contributed by atoms with Crippen molar-refractivity contribution in [2.24, 2.45) is 0 Å². The molecule has 0 aliphatic rings. The summed E-state index contributed by atoms with van der Waals surface area (Å²) >= 11 is 0. The predicted octanol–water partition coefficient (Wildman–Crippen LogP) is 9.43. The average Bonchev–Trinajstić information content (AvgIpc) is 3.06. The molecule has 0 unspecified atom stereocenters. The highest BCUT2D eigenvalue weighted by atomic mass is 16.5. The van der Waals surface area contributed by atoms with Crippen LogP contribution in [0.15, 0.2) is 48.5 Å². The number of hydrogen-bond donors (Lipinski definition) is 0. The van der Waals surface area contributed by atoms with Crippen LogP contribution in [0.25, 0.3) is 24.3 Å². The van der Waals surface area contributed by atoms with Crippen molar-refractivity contribution in [3.8, 4) is 35.8 Å². The first-order chi connectivity index (χ1) is 21.5. The van der Waals surface area contributed by atoms with Crippen molar-refractivity contribution in [1.82, 2.24) is 0 Å². The van der Waals surface area contributed by atoms with Crippen molar-refractivity contribution in [3.05, 3.63) is 93.0 Å². The van der Waals surface area contributed by atoms with E-state index in [4.69, 9.17) is 9.47 Å². The number of rotatable bonds is 16. The summed E-state index contributed by atoms with van der Waals surface area (Å²) in [5, 5.41) is 37.6. The van der Waals surface area contributed by atoms with Crippen LogP contribution >= 0.6 is 0 Å². The molecule has 0 atom stereocenters. The summed E-state index contributed by atoms with van der Waals surface area (Å²) in [6.45, 7) is 5.49. The molecule has 6 heteroatoms. The predicted molar refractivity (Wildman–Crippen MR) is 175 cm³/mol. The summed E-state index contributed by atoms with van der Waals surface area (Å²) in [6.07, 6.45) is 16.2. The van der Waals surface area contributed by atoms with E-state index in [2.05, 4.69) is 38.1 Å². The highest BCUT2D eigenvalue weighted by Gasteiger charge is 2.11. The molecule has 0 amide bonds. The van der Waals surface area contributed by atoms with Crippen LogP contribution < -0.4 is 9.47 Å². The molecule has 0 spiro atoms. The molecule has 0 saturated carbocycles. The first-order valence-electron chi connectivity index (χ1n) is 15.2. The van der Waals surface area contributed by atoms with Crippen molar-refractivity contribution in [1.29, 1.82) is 21.0 Å². The van der Waals surface area contributed by atoms with Crippen LogP contribution in [-0.4, -0.2) is 13.2 Å². The third-order valence-corrected chi connectivity index (χ3v) is 6.99. The molecule has 3 aromatic carbocycles. The summed E-state index contributed by atoms with van der Waals surface area (Å²) in [6, 6.07) is 22.5. The minimum Gasteiger partial charge on any atom is -0.493 e. The summed E-state index contributed by atoms with van der Waals surface area (Å²) in [4.78, 5) is 0. The van der Waals surface area contributed by atoms with E-state index in [-0.39, 0.29) is 0 Å². The van der Waals surface area contributed by atoms with Crippen molar-refractivity contribution in [2.75, 3.05) is 13.2 Å². The van der Waals surface area contributed by atoms with Crippen LogP contribution in [0.1, 0.15) is 110 Å². The molecule has 0 aliphatic heterocycles. The molecule has 3 rings (SSSR count). The Balaban J connectivity index is 2.05. The van der Waals surface area contributed by atoms with E-state index in [1.54, 1.807) is 36.4 Å². The molecule has 222 valence electrons. The number of nitrogens with zero attached hydrogens (tertiary/aromatic N) is 4. The van der Waals surface area contributed by atoms with Gasteiger partial charge in [0.15, 0.2) is 0 Å². The maximum atomic E-state index is 9.41. The first kappa shape index (κ1) is 33.2. The highest BCUT2D eigenvalue weighted by molar-refractivity contribution is 5.79. The van der Waals surface area contributed by atoms with Gasteiger partial charge in [-0.05, 0) is 72.5 Å². The molecule has 0 heterocycles. The maximum Gasteiger partial charge on any atom is 0.127 e. The Kier molecular flexibility index (Phi) is 13.8. The van der Waals surface area contributed by atoms with Crippen LogP contribution in [0.5, 0.6) is 11.5 Å². The first-order valence-corrected chi connectivity index (χ1v) is 15.2. The lowest BCUT2D eigenvalue weighted by Crippen LogP contribution is -2.03. The van der Waals surface area contributed by atoms with Gasteiger partial charge in [-0.3, -0.25) is 0 Å². The standard InChI is InChI=1S/C38H38N4O2/c1-3-5-7-9-15-43-37-23-36(14-12-30-19-33(27-41)22-34(20-30)28-42)38(44-16-10-8-6-4-2)24-35(37)13-11-29-17-31(25-39)21-32(18-29)26-40/h11-14,17-24H,3-10,15-16H2,1-2H3/b13-11+,14-12+. The third-order valence-electron chi connectivity index (χ3n) is 6.99. The van der Waals surface area contributed by atoms with E-state index >= 15 is 0 Å². The lowest BCUT2D eigenvalue weighted by molar-refractivity contribution is 0.296. The van der Waals surface area contributed by atoms with Gasteiger partial charge >= 0.3 is 0 Å². The molecule has 0 radical (unpaired) electrons. The fraction of sp³-hybridized carbons (Fsp3) is 0.316. The SMILES string of the molecule is CCCCCCOc1cc(/C=C/c2cc(C#N)cc(C#N)c2)c(OCCCCCC)cc1/C=C/c1cc(C#N)cc(C#N)c1. The fourth-order valence-corrected chi connectivity index (χ4v) is 4.65. The van der Waals surface area contributed by atoms with Crippen molar-refractivity contribution >= 4 is 24.3 Å². The molecule has 3 aromatic rings. The highest BCUT2D eigenvalue weighted by Crippen LogP contribution is 2.33. The summed E-state index contributed by atoms with van der Waals surface area (Å²) < 4.78 is 12.6. The number of nitriles is 4. The molecule has 0 aliphatic carbocycles. The van der Waals surface area contributed by atoms with Gasteiger partial charge in [-0.25, -0.2) is 0 Å². The Morgan fingerprint density at radius 1 is 0.477 bits per heavy atom. The van der Waals surface area contributed by atoms with Gasteiger partial charge in [0.25, 0.3) is 0 Å². The minimum absolute atomic E-state index is 0.424. The normalized spacial score (nSPS) is 10.7. The second-order valence-electron chi connectivity index (χ2n) is 10.5. The van der Waals surface area contributed by atoms with Gasteiger partial charge in [-0.15, -0.1) is 0 Å². The Labute approximate surface area is 261 Å². The molecule has 0 N–H and O–H groups in total. The number of ether oxygens (including phenoxy) is 2. The summed E-state index contributed by atoms with van der Waals surface area (Å²) in [5.41, 5.74) is 4.82. The van der Waals surface area contributed by atoms with Gasteiger partial charge in [-0.1, -0.05) is 76.7 Å². The molecule has 0 fully saturated rings. The molecule has 0 bridgehead atoms. The van der Waals surface area contributed by atoms with Crippen LogP contribution in [-0.2, 0) is 0 Å². The minimum atomic E-state index is 0.424. The molecule has 6 nitrogen and oxygen atoms in total. The van der Waals surface area contributed by atoms with E-state index in [9.17, 15) is 21.0 Å². The summed E-state index contributed by atoms with van der Waals surface area (Å²) in [5.74, 6) is 1.38. The largest absolute Gasteiger partial charge is 0.493 e. The van der Waals surface area contributed by atoms with Gasteiger partial charge < -0.3 is 9.47 Å². The molecule has 0 saturated heterocycles. The Hall–Kier alpha value is -5.30. The van der Waals surface area contributed by atoms with Crippen molar-refractivity contribution in [3.63, 3.8) is 0 Å². The van der Waals surface area contributed by atoms with Crippen molar-refractivity contribution in [2.45, 2.75) is 65.2 Å². The van der Waals surface area contributed by atoms with Gasteiger partial charge in [0.1, 0.15) is 11.5 Å². The zero-order valence-corrected chi connectivity index (χ0v) is 25.6. The van der Waals surface area contributed by atoms with Crippen molar-refractivity contribution < 1.29 is 9.47 Å². The third kappa shape index (κ3) is 10.5. The second kappa shape index (κ2) is 18.3. The van der Waals surface area contributed by atoms with Crippen LogP contribution in [0, 0.1) is 45.3 Å². The molecule has 0 aromatic heterocycles. The van der Waals surface area contributed by atoms with Gasteiger partial charge in [0.2, 0.25) is 0 Å². The Morgan fingerprint density at radius 3 is 1.16 bits per heavy atom. The topological polar surface area (TPSA) is 114 Å². The van der Waals surface area contributed by atoms with Gasteiger partial charge in [0, 0.05) is 11.1 Å². The lowest BCUT2D eigenvalue weighted by Gasteiger charge is -2.15. The molecular formula is C38H38N4O2. The number of unbranched alkanes of at least 4 members (excludes halogenated alkanes) is 6. The van der Waals surface area contributed by atoms with E-state index in [0.717, 1.165) is 73.6 Å². The van der Waals surface area contributed by atoms with Crippen LogP contribution in [0.3, 0.4) is 0 Å². The van der Waals surface area contributed by atoms with Crippen LogP contribution in [0.2, 0.25) is 0 Å². The monoisotopic (exact) mass is 582 g/mol. The fourth-order valence-electron chi connectivity index (χ4n) is 4.65. The van der Waals surface area contributed by atoms with E-state index in [1.165, 1.54) is 0 Å². The number of benzene rings is 3. The quantitative estimate of drug-likeness (QED) is 0.123. The maximum absolute atomic E-state index is 9.41. The lowest BCUT2D eigenvalue weighted by atomic mass is 10.0. The number of hydrogen-bond acceptors (Lipinski definition) is 6. The zero-order valence-electron chi connectivity index (χ0n) is 25.6. The second-order valence-corrected chi connectivity index (χ2v) is 10.5.